The van der Waals surface area contributed by atoms with Crippen molar-refractivity contribution in [1.82, 2.24) is 28.5 Å². The van der Waals surface area contributed by atoms with Gasteiger partial charge in [0.1, 0.15) is 0 Å². The van der Waals surface area contributed by atoms with Gasteiger partial charge in [-0.15, -0.1) is 0 Å². The third-order valence-corrected chi connectivity index (χ3v) is 5.65. The fourth-order valence-electron chi connectivity index (χ4n) is 4.17. The molecular formula is C24H30N6O2. The molecule has 0 aliphatic rings. The van der Waals surface area contributed by atoms with E-state index in [1.165, 1.54) is 14.7 Å². The van der Waals surface area contributed by atoms with Crippen LogP contribution in [0.5, 0.6) is 0 Å². The van der Waals surface area contributed by atoms with Crippen LogP contribution < -0.4 is 11.2 Å². The third-order valence-electron chi connectivity index (χ3n) is 5.65. The maximum atomic E-state index is 13.5. The Morgan fingerprint density at radius 1 is 1.03 bits per heavy atom. The Hall–Kier alpha value is -3.42. The summed E-state index contributed by atoms with van der Waals surface area (Å²) in [5.41, 5.74) is 3.19. The van der Waals surface area contributed by atoms with Gasteiger partial charge in [-0.3, -0.25) is 13.9 Å². The summed E-state index contributed by atoms with van der Waals surface area (Å²) in [6.07, 6.45) is 1.50. The van der Waals surface area contributed by atoms with Crippen LogP contribution in [0.25, 0.3) is 17.1 Å². The first-order valence-corrected chi connectivity index (χ1v) is 11.1. The van der Waals surface area contributed by atoms with Crippen molar-refractivity contribution in [3.05, 3.63) is 74.2 Å². The van der Waals surface area contributed by atoms with E-state index in [2.05, 4.69) is 31.1 Å². The Morgan fingerprint density at radius 2 is 1.75 bits per heavy atom. The number of hydrogen-bond acceptors (Lipinski definition) is 4. The van der Waals surface area contributed by atoms with Gasteiger partial charge in [0, 0.05) is 25.8 Å². The Bertz CT molecular complexity index is 1370. The first-order chi connectivity index (χ1) is 15.3. The van der Waals surface area contributed by atoms with Crippen molar-refractivity contribution in [1.29, 1.82) is 0 Å². The minimum Gasteiger partial charge on any atom is -0.302 e. The van der Waals surface area contributed by atoms with E-state index in [1.54, 1.807) is 11.7 Å². The van der Waals surface area contributed by atoms with E-state index in [0.29, 0.717) is 36.6 Å². The number of hydrogen-bond donors (Lipinski definition) is 0. The molecule has 8 nitrogen and oxygen atoms in total. The molecule has 0 saturated heterocycles. The largest absolute Gasteiger partial charge is 0.332 e. The summed E-state index contributed by atoms with van der Waals surface area (Å²) in [6.45, 7) is 9.03. The zero-order valence-electron chi connectivity index (χ0n) is 19.4. The summed E-state index contributed by atoms with van der Waals surface area (Å²) in [5.74, 6) is 0.847. The standard InChI is InChI=1S/C24H30N6O2/c1-16(2)15-29-20-21(25-23(29)30-18(4)14-17(3)26-30)27(5)24(32)28(22(20)31)13-9-12-19-10-7-6-8-11-19/h6-8,10-11,14,16H,9,12-13,15H2,1-5H3. The van der Waals surface area contributed by atoms with Crippen molar-refractivity contribution in [3.8, 4) is 5.95 Å². The third kappa shape index (κ3) is 3.92. The topological polar surface area (TPSA) is 79.6 Å². The number of nitrogens with zero attached hydrogens (tertiary/aromatic N) is 6. The van der Waals surface area contributed by atoms with E-state index in [4.69, 9.17) is 4.98 Å². The summed E-state index contributed by atoms with van der Waals surface area (Å²) >= 11 is 0. The van der Waals surface area contributed by atoms with Crippen molar-refractivity contribution < 1.29 is 0 Å². The van der Waals surface area contributed by atoms with Crippen molar-refractivity contribution >= 4 is 11.2 Å². The smallest absolute Gasteiger partial charge is 0.302 e. The van der Waals surface area contributed by atoms with E-state index in [0.717, 1.165) is 17.8 Å². The van der Waals surface area contributed by atoms with E-state index in [-0.39, 0.29) is 17.2 Å². The molecule has 4 aromatic rings. The molecular weight excluding hydrogens is 404 g/mol. The van der Waals surface area contributed by atoms with Crippen LogP contribution in [0.15, 0.2) is 46.0 Å². The van der Waals surface area contributed by atoms with Gasteiger partial charge in [-0.05, 0) is 44.2 Å². The summed E-state index contributed by atoms with van der Waals surface area (Å²) in [5, 5.41) is 4.57. The van der Waals surface area contributed by atoms with Crippen LogP contribution in [0, 0.1) is 19.8 Å². The molecule has 0 radical (unpaired) electrons. The van der Waals surface area contributed by atoms with Gasteiger partial charge >= 0.3 is 5.69 Å². The molecule has 0 spiro atoms. The Kier molecular flexibility index (Phi) is 5.86. The first kappa shape index (κ1) is 21.8. The summed E-state index contributed by atoms with van der Waals surface area (Å²) < 4.78 is 6.48. The van der Waals surface area contributed by atoms with Crippen molar-refractivity contribution in [2.45, 2.75) is 53.6 Å². The van der Waals surface area contributed by atoms with Gasteiger partial charge in [-0.1, -0.05) is 44.2 Å². The molecule has 0 aliphatic carbocycles. The molecule has 0 unspecified atom stereocenters. The maximum absolute atomic E-state index is 13.5. The number of benzene rings is 1. The molecule has 4 rings (SSSR count). The van der Waals surface area contributed by atoms with Crippen LogP contribution in [0.1, 0.15) is 37.2 Å². The predicted octanol–water partition coefficient (Wildman–Crippen LogP) is 2.99. The number of rotatable bonds is 7. The highest BCUT2D eigenvalue weighted by molar-refractivity contribution is 5.72. The zero-order chi connectivity index (χ0) is 23.0. The molecule has 32 heavy (non-hydrogen) atoms. The molecule has 0 amide bonds. The molecule has 0 bridgehead atoms. The number of fused-ring (bicyclic) bond motifs is 1. The molecule has 0 saturated carbocycles. The minimum atomic E-state index is -0.343. The molecule has 1 aromatic carbocycles. The molecule has 8 heteroatoms. The van der Waals surface area contributed by atoms with E-state index in [9.17, 15) is 9.59 Å². The predicted molar refractivity (Wildman–Crippen MR) is 125 cm³/mol. The highest BCUT2D eigenvalue weighted by Gasteiger charge is 2.23. The van der Waals surface area contributed by atoms with E-state index in [1.807, 2.05) is 42.7 Å². The number of aryl methyl sites for hydroxylation is 4. The normalized spacial score (nSPS) is 11.7. The van der Waals surface area contributed by atoms with Crippen LogP contribution in [-0.2, 0) is 26.6 Å². The van der Waals surface area contributed by atoms with E-state index >= 15 is 0 Å². The van der Waals surface area contributed by atoms with Gasteiger partial charge in [-0.2, -0.15) is 10.1 Å². The van der Waals surface area contributed by atoms with Crippen molar-refractivity contribution in [2.75, 3.05) is 0 Å². The molecule has 0 N–H and O–H groups in total. The number of aromatic nitrogens is 6. The van der Waals surface area contributed by atoms with Gasteiger partial charge in [0.15, 0.2) is 11.2 Å². The van der Waals surface area contributed by atoms with Gasteiger partial charge in [0.05, 0.1) is 5.69 Å². The maximum Gasteiger partial charge on any atom is 0.332 e. The lowest BCUT2D eigenvalue weighted by atomic mass is 10.1. The quantitative estimate of drug-likeness (QED) is 0.448. The Morgan fingerprint density at radius 3 is 2.38 bits per heavy atom. The monoisotopic (exact) mass is 434 g/mol. The van der Waals surface area contributed by atoms with Crippen LogP contribution >= 0.6 is 0 Å². The Labute approximate surface area is 186 Å². The second-order valence-electron chi connectivity index (χ2n) is 8.81. The average molecular weight is 435 g/mol. The Balaban J connectivity index is 1.84. The fraction of sp³-hybridized carbons (Fsp3) is 0.417. The lowest BCUT2D eigenvalue weighted by Crippen LogP contribution is -2.40. The summed E-state index contributed by atoms with van der Waals surface area (Å²) in [4.78, 5) is 31.3. The van der Waals surface area contributed by atoms with E-state index < -0.39 is 0 Å². The molecule has 0 fully saturated rings. The summed E-state index contributed by atoms with van der Waals surface area (Å²) in [7, 11) is 1.68. The highest BCUT2D eigenvalue weighted by Crippen LogP contribution is 2.19. The second-order valence-corrected chi connectivity index (χ2v) is 8.81. The minimum absolute atomic E-state index is 0.284. The van der Waals surface area contributed by atoms with Gasteiger partial charge in [0.25, 0.3) is 5.56 Å². The SMILES string of the molecule is Cc1cc(C)n(-c2nc3c(c(=O)n(CCCc4ccccc4)c(=O)n3C)n2CC(C)C)n1. The zero-order valence-corrected chi connectivity index (χ0v) is 19.4. The van der Waals surface area contributed by atoms with Gasteiger partial charge in [-0.25, -0.2) is 9.48 Å². The molecule has 0 aliphatic heterocycles. The first-order valence-electron chi connectivity index (χ1n) is 11.1. The van der Waals surface area contributed by atoms with Crippen molar-refractivity contribution in [2.24, 2.45) is 13.0 Å². The molecule has 0 atom stereocenters. The van der Waals surface area contributed by atoms with Crippen molar-refractivity contribution in [3.63, 3.8) is 0 Å². The van der Waals surface area contributed by atoms with Gasteiger partial charge in [0.2, 0.25) is 5.95 Å². The lowest BCUT2D eigenvalue weighted by Gasteiger charge is -2.13. The van der Waals surface area contributed by atoms with Gasteiger partial charge < -0.3 is 4.57 Å². The van der Waals surface area contributed by atoms with Crippen LogP contribution in [-0.4, -0.2) is 28.5 Å². The molecule has 3 aromatic heterocycles. The molecule has 3 heterocycles. The van der Waals surface area contributed by atoms with Crippen LogP contribution in [0.2, 0.25) is 0 Å². The van der Waals surface area contributed by atoms with Crippen LogP contribution in [0.3, 0.4) is 0 Å². The average Bonchev–Trinajstić information content (AvgIpc) is 3.28. The second kappa shape index (κ2) is 8.61. The highest BCUT2D eigenvalue weighted by atomic mass is 16.2. The lowest BCUT2D eigenvalue weighted by molar-refractivity contribution is 0.514. The summed E-state index contributed by atoms with van der Waals surface area (Å²) in [6, 6.07) is 12.1. The van der Waals surface area contributed by atoms with Crippen LogP contribution in [0.4, 0.5) is 0 Å². The fourth-order valence-corrected chi connectivity index (χ4v) is 4.17. The number of imidazole rings is 1. The molecule has 168 valence electrons.